The number of nitrogens with one attached hydrogen (secondary N) is 2. The van der Waals surface area contributed by atoms with Crippen molar-refractivity contribution in [1.82, 2.24) is 10.6 Å². The van der Waals surface area contributed by atoms with E-state index in [-0.39, 0.29) is 29.9 Å². The maximum atomic E-state index is 11.4. The number of nitrogens with zero attached hydrogens (tertiary/aromatic N) is 1. The fourth-order valence-electron chi connectivity index (χ4n) is 2.63. The number of esters is 1. The first-order chi connectivity index (χ1) is 12.5. The fourth-order valence-corrected chi connectivity index (χ4v) is 3.65. The number of ether oxygens (including phenoxy) is 1. The number of aryl methyl sites for hydroxylation is 1. The Labute approximate surface area is 182 Å². The van der Waals surface area contributed by atoms with Crippen LogP contribution in [0.2, 0.25) is 0 Å². The smallest absolute Gasteiger partial charge is 0.337 e. The van der Waals surface area contributed by atoms with Crippen LogP contribution in [-0.4, -0.2) is 38.7 Å². The predicted octanol–water partition coefficient (Wildman–Crippen LogP) is 3.80. The first-order valence-electron chi connectivity index (χ1n) is 8.71. The third-order valence-electron chi connectivity index (χ3n) is 3.99. The van der Waals surface area contributed by atoms with E-state index in [1.807, 2.05) is 23.5 Å². The number of carbonyl (C=O) groups excluding carboxylic acids is 1. The van der Waals surface area contributed by atoms with Crippen molar-refractivity contribution in [3.05, 3.63) is 57.3 Å². The molecule has 148 valence electrons. The van der Waals surface area contributed by atoms with E-state index in [1.54, 1.807) is 19.2 Å². The van der Waals surface area contributed by atoms with Crippen LogP contribution in [0.4, 0.5) is 0 Å². The van der Waals surface area contributed by atoms with Crippen molar-refractivity contribution in [2.45, 2.75) is 32.7 Å². The minimum Gasteiger partial charge on any atom is -0.465 e. The van der Waals surface area contributed by atoms with Crippen LogP contribution >= 0.6 is 35.3 Å². The molecule has 0 amide bonds. The maximum absolute atomic E-state index is 11.4. The second-order valence-corrected chi connectivity index (χ2v) is 7.57. The third kappa shape index (κ3) is 7.88. The summed E-state index contributed by atoms with van der Waals surface area (Å²) < 4.78 is 4.71. The highest BCUT2D eigenvalue weighted by Gasteiger charge is 2.08. The van der Waals surface area contributed by atoms with Crippen LogP contribution in [0.5, 0.6) is 0 Å². The molecule has 0 aliphatic rings. The lowest BCUT2D eigenvalue weighted by Crippen LogP contribution is -2.43. The van der Waals surface area contributed by atoms with Crippen molar-refractivity contribution in [2.75, 3.05) is 20.7 Å². The molecule has 0 radical (unpaired) electrons. The first-order valence-corrected chi connectivity index (χ1v) is 9.53. The minimum atomic E-state index is -0.311. The van der Waals surface area contributed by atoms with Crippen LogP contribution in [0, 0.1) is 6.92 Å². The molecule has 0 aliphatic heterocycles. The molecule has 0 aliphatic carbocycles. The number of hydrogen-bond acceptors (Lipinski definition) is 4. The van der Waals surface area contributed by atoms with E-state index in [4.69, 9.17) is 4.74 Å². The summed E-state index contributed by atoms with van der Waals surface area (Å²) in [6, 6.07) is 12.1. The van der Waals surface area contributed by atoms with Crippen LogP contribution in [-0.2, 0) is 17.6 Å². The van der Waals surface area contributed by atoms with Gasteiger partial charge in [0.1, 0.15) is 0 Å². The topological polar surface area (TPSA) is 62.7 Å². The van der Waals surface area contributed by atoms with Gasteiger partial charge in [0.25, 0.3) is 0 Å². The van der Waals surface area contributed by atoms with E-state index in [2.05, 4.69) is 41.6 Å². The lowest BCUT2D eigenvalue weighted by molar-refractivity contribution is 0.0600. The number of rotatable bonds is 7. The molecule has 0 fully saturated rings. The van der Waals surface area contributed by atoms with Crippen LogP contribution in [0.25, 0.3) is 0 Å². The predicted molar refractivity (Wildman–Crippen MR) is 124 cm³/mol. The molecule has 7 heteroatoms. The zero-order valence-corrected chi connectivity index (χ0v) is 19.4. The van der Waals surface area contributed by atoms with E-state index in [1.165, 1.54) is 16.9 Å². The number of halogens is 1. The van der Waals surface area contributed by atoms with E-state index < -0.39 is 0 Å². The molecule has 1 aromatic carbocycles. The van der Waals surface area contributed by atoms with Gasteiger partial charge in [-0.15, -0.1) is 35.3 Å². The Morgan fingerprint density at radius 1 is 1.22 bits per heavy atom. The summed E-state index contributed by atoms with van der Waals surface area (Å²) >= 11 is 1.84. The Hall–Kier alpha value is -1.61. The number of carbonyl (C=O) groups is 1. The molecule has 0 saturated carbocycles. The van der Waals surface area contributed by atoms with Crippen LogP contribution in [0.15, 0.2) is 41.4 Å². The lowest BCUT2D eigenvalue weighted by atomic mass is 10.1. The van der Waals surface area contributed by atoms with Crippen molar-refractivity contribution in [2.24, 2.45) is 4.99 Å². The summed E-state index contributed by atoms with van der Waals surface area (Å²) in [7, 11) is 3.17. The summed E-state index contributed by atoms with van der Waals surface area (Å²) in [6.45, 7) is 5.06. The molecule has 1 aromatic heterocycles. The third-order valence-corrected chi connectivity index (χ3v) is 5.01. The second kappa shape index (κ2) is 12.0. The fraction of sp³-hybridized carbons (Fsp3) is 0.400. The summed E-state index contributed by atoms with van der Waals surface area (Å²) in [5.74, 6) is 0.492. The van der Waals surface area contributed by atoms with E-state index in [0.29, 0.717) is 11.6 Å². The zero-order chi connectivity index (χ0) is 18.9. The average Bonchev–Trinajstić information content (AvgIpc) is 3.05. The van der Waals surface area contributed by atoms with Crippen molar-refractivity contribution >= 4 is 47.2 Å². The Balaban J connectivity index is 0.00000364. The molecule has 0 spiro atoms. The van der Waals surface area contributed by atoms with Gasteiger partial charge in [-0.1, -0.05) is 12.1 Å². The van der Waals surface area contributed by atoms with Gasteiger partial charge >= 0.3 is 5.97 Å². The zero-order valence-electron chi connectivity index (χ0n) is 16.2. The van der Waals surface area contributed by atoms with Crippen LogP contribution in [0.1, 0.15) is 32.6 Å². The molecule has 1 unspecified atom stereocenters. The largest absolute Gasteiger partial charge is 0.465 e. The maximum Gasteiger partial charge on any atom is 0.337 e. The molecule has 0 saturated heterocycles. The highest BCUT2D eigenvalue weighted by Crippen LogP contribution is 2.16. The average molecular weight is 501 g/mol. The van der Waals surface area contributed by atoms with Gasteiger partial charge in [-0.2, -0.15) is 0 Å². The Morgan fingerprint density at radius 2 is 1.93 bits per heavy atom. The minimum absolute atomic E-state index is 0. The van der Waals surface area contributed by atoms with Crippen molar-refractivity contribution in [1.29, 1.82) is 0 Å². The molecule has 0 bridgehead atoms. The number of guanidine groups is 1. The molecule has 2 rings (SSSR count). The van der Waals surface area contributed by atoms with Gasteiger partial charge in [0.2, 0.25) is 0 Å². The van der Waals surface area contributed by atoms with Gasteiger partial charge in [0.05, 0.1) is 12.7 Å². The molecular weight excluding hydrogens is 473 g/mol. The molecule has 2 N–H and O–H groups in total. The highest BCUT2D eigenvalue weighted by molar-refractivity contribution is 14.0. The van der Waals surface area contributed by atoms with E-state index in [9.17, 15) is 4.79 Å². The molecule has 2 aromatic rings. The Bertz CT molecular complexity index is 744. The SMILES string of the molecule is CN=C(NCCc1ccc(C(=O)OC)cc1)NC(C)Cc1ccc(C)s1.I. The first kappa shape index (κ1) is 23.4. The Kier molecular flexibility index (Phi) is 10.4. The molecule has 1 atom stereocenters. The number of hydrogen-bond donors (Lipinski definition) is 2. The molecular formula is C20H28IN3O2S. The van der Waals surface area contributed by atoms with Gasteiger partial charge in [0.15, 0.2) is 5.96 Å². The standard InChI is InChI=1S/C20H27N3O2S.HI/c1-14(13-18-10-5-15(2)26-18)23-20(21-3)22-12-11-16-6-8-17(9-7-16)19(24)25-4;/h5-10,14H,11-13H2,1-4H3,(H2,21,22,23);1H. The van der Waals surface area contributed by atoms with Crippen LogP contribution in [0.3, 0.4) is 0 Å². The summed E-state index contributed by atoms with van der Waals surface area (Å²) in [4.78, 5) is 18.5. The van der Waals surface area contributed by atoms with Gasteiger partial charge in [0, 0.05) is 35.8 Å². The van der Waals surface area contributed by atoms with E-state index >= 15 is 0 Å². The second-order valence-electron chi connectivity index (χ2n) is 6.20. The number of benzene rings is 1. The van der Waals surface area contributed by atoms with Crippen molar-refractivity contribution in [3.8, 4) is 0 Å². The van der Waals surface area contributed by atoms with Gasteiger partial charge in [-0.25, -0.2) is 4.79 Å². The van der Waals surface area contributed by atoms with Gasteiger partial charge in [-0.3, -0.25) is 4.99 Å². The van der Waals surface area contributed by atoms with Crippen LogP contribution < -0.4 is 10.6 Å². The summed E-state index contributed by atoms with van der Waals surface area (Å²) in [5.41, 5.74) is 1.72. The number of thiophene rings is 1. The Morgan fingerprint density at radius 3 is 2.48 bits per heavy atom. The lowest BCUT2D eigenvalue weighted by Gasteiger charge is -2.17. The number of methoxy groups -OCH3 is 1. The van der Waals surface area contributed by atoms with Gasteiger partial charge in [-0.05, 0) is 50.1 Å². The normalized spacial score (nSPS) is 12.1. The van der Waals surface area contributed by atoms with E-state index in [0.717, 1.165) is 30.9 Å². The quantitative estimate of drug-likeness (QED) is 0.262. The van der Waals surface area contributed by atoms with Crippen molar-refractivity contribution < 1.29 is 9.53 Å². The number of aliphatic imine (C=N–C) groups is 1. The highest BCUT2D eigenvalue weighted by atomic mass is 127. The van der Waals surface area contributed by atoms with Crippen molar-refractivity contribution in [3.63, 3.8) is 0 Å². The monoisotopic (exact) mass is 501 g/mol. The molecule has 27 heavy (non-hydrogen) atoms. The van der Waals surface area contributed by atoms with Gasteiger partial charge < -0.3 is 15.4 Å². The molecule has 1 heterocycles. The summed E-state index contributed by atoms with van der Waals surface area (Å²) in [5, 5.41) is 6.77. The molecule has 5 nitrogen and oxygen atoms in total. The summed E-state index contributed by atoms with van der Waals surface area (Å²) in [6.07, 6.45) is 1.83.